The Balaban J connectivity index is 1.62. The number of aryl methyl sites for hydroxylation is 2. The van der Waals surface area contributed by atoms with Crippen molar-refractivity contribution in [2.45, 2.75) is 28.8 Å². The Morgan fingerprint density at radius 3 is 2.23 bits per heavy atom. The summed E-state index contributed by atoms with van der Waals surface area (Å²) in [6, 6.07) is 13.6. The predicted molar refractivity (Wildman–Crippen MR) is 128 cm³/mol. The quantitative estimate of drug-likeness (QED) is 0.299. The van der Waals surface area contributed by atoms with E-state index in [1.807, 2.05) is 32.0 Å². The molecule has 4 aromatic rings. The first-order valence-electron chi connectivity index (χ1n) is 9.04. The van der Waals surface area contributed by atoms with Crippen molar-refractivity contribution in [1.82, 2.24) is 9.97 Å². The zero-order valence-electron chi connectivity index (χ0n) is 16.3. The molecule has 0 radical (unpaired) electrons. The summed E-state index contributed by atoms with van der Waals surface area (Å²) in [6.07, 6.45) is 0. The summed E-state index contributed by atoms with van der Waals surface area (Å²) in [5.41, 5.74) is 3.95. The van der Waals surface area contributed by atoms with E-state index in [4.69, 9.17) is 34.8 Å². The Morgan fingerprint density at radius 2 is 1.55 bits per heavy atom. The fraction of sp³-hybridized carbons (Fsp3) is 0.0952. The first-order chi connectivity index (χ1) is 14.6. The van der Waals surface area contributed by atoms with Gasteiger partial charge in [-0.25, -0.2) is 13.4 Å². The minimum absolute atomic E-state index is 0.0250. The molecule has 0 aliphatic rings. The van der Waals surface area contributed by atoms with Crippen LogP contribution in [0.25, 0.3) is 11.0 Å². The number of rotatable bonds is 5. The first kappa shape index (κ1) is 22.3. The molecular weight excluding hydrogens is 497 g/mol. The van der Waals surface area contributed by atoms with Crippen molar-refractivity contribution in [3.05, 3.63) is 74.7 Å². The lowest BCUT2D eigenvalue weighted by Gasteiger charge is -2.12. The van der Waals surface area contributed by atoms with Gasteiger partial charge in [-0.15, -0.1) is 0 Å². The zero-order chi connectivity index (χ0) is 22.3. The number of fused-ring (bicyclic) bond motifs is 1. The molecule has 0 unspecified atom stereocenters. The van der Waals surface area contributed by atoms with Gasteiger partial charge in [0.15, 0.2) is 5.16 Å². The van der Waals surface area contributed by atoms with Crippen LogP contribution in [0.5, 0.6) is 0 Å². The molecule has 0 bridgehead atoms. The molecule has 0 fully saturated rings. The molecule has 1 aromatic heterocycles. The van der Waals surface area contributed by atoms with Crippen molar-refractivity contribution in [2.75, 3.05) is 4.72 Å². The van der Waals surface area contributed by atoms with Crippen molar-refractivity contribution < 1.29 is 8.42 Å². The van der Waals surface area contributed by atoms with Gasteiger partial charge in [0.05, 0.1) is 36.7 Å². The fourth-order valence-electron chi connectivity index (χ4n) is 3.00. The average Bonchev–Trinajstić information content (AvgIpc) is 3.05. The number of nitrogens with zero attached hydrogens (tertiary/aromatic N) is 1. The molecule has 3 aromatic carbocycles. The monoisotopic (exact) mass is 511 g/mol. The number of hydrogen-bond acceptors (Lipinski definition) is 4. The van der Waals surface area contributed by atoms with Crippen LogP contribution in [0.15, 0.2) is 63.5 Å². The van der Waals surface area contributed by atoms with Crippen LogP contribution in [0.2, 0.25) is 15.1 Å². The summed E-state index contributed by atoms with van der Waals surface area (Å²) in [5, 5.41) is 1.35. The lowest BCUT2D eigenvalue weighted by Crippen LogP contribution is -2.13. The Kier molecular flexibility index (Phi) is 6.16. The minimum Gasteiger partial charge on any atom is -0.333 e. The summed E-state index contributed by atoms with van der Waals surface area (Å²) in [7, 11) is -3.91. The average molecular weight is 513 g/mol. The van der Waals surface area contributed by atoms with Gasteiger partial charge in [0.1, 0.15) is 4.90 Å². The van der Waals surface area contributed by atoms with Crippen molar-refractivity contribution in [1.29, 1.82) is 0 Å². The van der Waals surface area contributed by atoms with E-state index >= 15 is 0 Å². The van der Waals surface area contributed by atoms with E-state index in [1.165, 1.54) is 30.0 Å². The zero-order valence-corrected chi connectivity index (χ0v) is 20.2. The van der Waals surface area contributed by atoms with E-state index in [2.05, 4.69) is 14.7 Å². The highest BCUT2D eigenvalue weighted by molar-refractivity contribution is 7.99. The van der Waals surface area contributed by atoms with E-state index in [0.717, 1.165) is 22.2 Å². The maximum absolute atomic E-state index is 12.8. The molecule has 0 aliphatic heterocycles. The van der Waals surface area contributed by atoms with Crippen LogP contribution in [-0.2, 0) is 10.0 Å². The summed E-state index contributed by atoms with van der Waals surface area (Å²) in [6.45, 7) is 3.83. The Labute approximate surface area is 199 Å². The first-order valence-corrected chi connectivity index (χ1v) is 12.5. The SMILES string of the molecule is Cc1ccc(S(=O)(=O)Nc2cc(Cl)c(Sc3nc4ccc(C)cc4[nH]3)c(Cl)c2)c(Cl)c1. The highest BCUT2D eigenvalue weighted by atomic mass is 35.5. The maximum Gasteiger partial charge on any atom is 0.263 e. The predicted octanol–water partition coefficient (Wildman–Crippen LogP) is 7.09. The number of hydrogen-bond donors (Lipinski definition) is 2. The van der Waals surface area contributed by atoms with Gasteiger partial charge in [-0.3, -0.25) is 4.72 Å². The highest BCUT2D eigenvalue weighted by Crippen LogP contribution is 2.40. The molecule has 5 nitrogen and oxygen atoms in total. The molecule has 31 heavy (non-hydrogen) atoms. The minimum atomic E-state index is -3.91. The molecule has 0 atom stereocenters. The van der Waals surface area contributed by atoms with Gasteiger partial charge < -0.3 is 4.98 Å². The summed E-state index contributed by atoms with van der Waals surface area (Å²) in [4.78, 5) is 8.31. The summed E-state index contributed by atoms with van der Waals surface area (Å²) >= 11 is 20.2. The molecule has 2 N–H and O–H groups in total. The maximum atomic E-state index is 12.8. The lowest BCUT2D eigenvalue weighted by molar-refractivity contribution is 0.601. The number of imidazole rings is 1. The van der Waals surface area contributed by atoms with Gasteiger partial charge >= 0.3 is 0 Å². The number of aromatic amines is 1. The molecule has 10 heteroatoms. The van der Waals surface area contributed by atoms with Crippen LogP contribution < -0.4 is 4.72 Å². The van der Waals surface area contributed by atoms with Crippen LogP contribution in [0.1, 0.15) is 11.1 Å². The van der Waals surface area contributed by atoms with Gasteiger partial charge in [0.2, 0.25) is 0 Å². The van der Waals surface area contributed by atoms with E-state index in [9.17, 15) is 8.42 Å². The number of aromatic nitrogens is 2. The van der Waals surface area contributed by atoms with Crippen molar-refractivity contribution in [3.8, 4) is 0 Å². The second-order valence-electron chi connectivity index (χ2n) is 6.97. The van der Waals surface area contributed by atoms with Crippen LogP contribution in [-0.4, -0.2) is 18.4 Å². The van der Waals surface area contributed by atoms with Gasteiger partial charge in [-0.1, -0.05) is 46.9 Å². The van der Waals surface area contributed by atoms with Crippen LogP contribution in [0.4, 0.5) is 5.69 Å². The lowest BCUT2D eigenvalue weighted by atomic mass is 10.2. The Hall–Kier alpha value is -1.90. The molecule has 0 amide bonds. The molecule has 0 aliphatic carbocycles. The Bertz CT molecular complexity index is 1400. The fourth-order valence-corrected chi connectivity index (χ4v) is 6.17. The Morgan fingerprint density at radius 1 is 0.903 bits per heavy atom. The molecule has 1 heterocycles. The molecule has 0 spiro atoms. The number of anilines is 1. The summed E-state index contributed by atoms with van der Waals surface area (Å²) < 4.78 is 28.0. The van der Waals surface area contributed by atoms with Crippen LogP contribution in [0.3, 0.4) is 0 Å². The van der Waals surface area contributed by atoms with Gasteiger partial charge in [-0.05, 0) is 73.1 Å². The molecule has 0 saturated carbocycles. The van der Waals surface area contributed by atoms with Crippen LogP contribution >= 0.6 is 46.6 Å². The third kappa shape index (κ3) is 4.81. The number of benzene rings is 3. The highest BCUT2D eigenvalue weighted by Gasteiger charge is 2.20. The van der Waals surface area contributed by atoms with Crippen molar-refractivity contribution in [3.63, 3.8) is 0 Å². The van der Waals surface area contributed by atoms with Crippen molar-refractivity contribution >= 4 is 73.3 Å². The smallest absolute Gasteiger partial charge is 0.263 e. The van der Waals surface area contributed by atoms with Gasteiger partial charge in [0, 0.05) is 0 Å². The molecular formula is C21H16Cl3N3O2S2. The second kappa shape index (κ2) is 8.56. The van der Waals surface area contributed by atoms with Gasteiger partial charge in [-0.2, -0.15) is 0 Å². The van der Waals surface area contributed by atoms with E-state index in [0.29, 0.717) is 20.1 Å². The second-order valence-corrected chi connectivity index (χ2v) is 10.8. The summed E-state index contributed by atoms with van der Waals surface area (Å²) in [5.74, 6) is 0. The van der Waals surface area contributed by atoms with E-state index < -0.39 is 10.0 Å². The standard InChI is InChI=1S/C21H16Cl3N3O2S2/c1-11-4-6-19(14(22)7-11)31(28,29)27-13-9-15(23)20(16(24)10-13)30-21-25-17-5-3-12(2)8-18(17)26-21/h3-10,27H,1-2H3,(H,25,26). The van der Waals surface area contributed by atoms with Gasteiger partial charge in [0.25, 0.3) is 10.0 Å². The number of nitrogens with one attached hydrogen (secondary N) is 2. The molecule has 160 valence electrons. The normalized spacial score (nSPS) is 11.8. The topological polar surface area (TPSA) is 74.8 Å². The van der Waals surface area contributed by atoms with E-state index in [-0.39, 0.29) is 15.6 Å². The third-order valence-electron chi connectivity index (χ3n) is 4.44. The van der Waals surface area contributed by atoms with E-state index in [1.54, 1.807) is 12.1 Å². The number of halogens is 3. The van der Waals surface area contributed by atoms with Crippen molar-refractivity contribution in [2.24, 2.45) is 0 Å². The number of H-pyrrole nitrogens is 1. The molecule has 4 rings (SSSR count). The molecule has 0 saturated heterocycles. The van der Waals surface area contributed by atoms with Crippen LogP contribution in [0, 0.1) is 13.8 Å². The number of sulfonamides is 1. The largest absolute Gasteiger partial charge is 0.333 e. The third-order valence-corrected chi connectivity index (χ3v) is 8.16.